The van der Waals surface area contributed by atoms with E-state index in [1.54, 1.807) is 11.0 Å². The van der Waals surface area contributed by atoms with Crippen LogP contribution in [-0.2, 0) is 9.59 Å². The van der Waals surface area contributed by atoms with Gasteiger partial charge in [-0.1, -0.05) is 23.7 Å². The summed E-state index contributed by atoms with van der Waals surface area (Å²) >= 11 is 6.05. The standard InChI is InChI=1S/C16H19ClN2O2/c1-11-4-5-12(9-14(11)17)6-7-15(20)19-8-2-3-13(10-19)16(18)21/h4-7,9,13H,2-3,8,10H2,1H3,(H2,18,21)/b7-6+. The van der Waals surface area contributed by atoms with Gasteiger partial charge in [0.05, 0.1) is 5.92 Å². The summed E-state index contributed by atoms with van der Waals surface area (Å²) in [4.78, 5) is 25.0. The lowest BCUT2D eigenvalue weighted by Gasteiger charge is -2.30. The van der Waals surface area contributed by atoms with Gasteiger partial charge in [-0.2, -0.15) is 0 Å². The molecule has 0 spiro atoms. The fourth-order valence-corrected chi connectivity index (χ4v) is 2.58. The number of piperidine rings is 1. The van der Waals surface area contributed by atoms with Crippen molar-refractivity contribution in [2.45, 2.75) is 19.8 Å². The van der Waals surface area contributed by atoms with Crippen molar-refractivity contribution in [2.75, 3.05) is 13.1 Å². The van der Waals surface area contributed by atoms with Crippen molar-refractivity contribution >= 4 is 29.5 Å². The van der Waals surface area contributed by atoms with E-state index in [1.807, 2.05) is 25.1 Å². The Morgan fingerprint density at radius 2 is 2.19 bits per heavy atom. The molecule has 1 heterocycles. The van der Waals surface area contributed by atoms with Gasteiger partial charge in [-0.25, -0.2) is 0 Å². The van der Waals surface area contributed by atoms with Crippen molar-refractivity contribution in [3.05, 3.63) is 40.4 Å². The highest BCUT2D eigenvalue weighted by Crippen LogP contribution is 2.19. The van der Waals surface area contributed by atoms with Crippen LogP contribution in [0.25, 0.3) is 6.08 Å². The Kier molecular flexibility index (Phi) is 5.02. The molecule has 112 valence electrons. The third kappa shape index (κ3) is 4.08. The van der Waals surface area contributed by atoms with Crippen LogP contribution in [0.15, 0.2) is 24.3 Å². The second-order valence-corrected chi connectivity index (χ2v) is 5.77. The molecule has 0 aromatic heterocycles. The summed E-state index contributed by atoms with van der Waals surface area (Å²) in [7, 11) is 0. The van der Waals surface area contributed by atoms with E-state index in [4.69, 9.17) is 17.3 Å². The molecular weight excluding hydrogens is 288 g/mol. The number of nitrogens with two attached hydrogens (primary N) is 1. The van der Waals surface area contributed by atoms with E-state index in [9.17, 15) is 9.59 Å². The van der Waals surface area contributed by atoms with Crippen molar-refractivity contribution in [3.63, 3.8) is 0 Å². The van der Waals surface area contributed by atoms with E-state index in [-0.39, 0.29) is 17.7 Å². The zero-order chi connectivity index (χ0) is 15.4. The number of halogens is 1. The van der Waals surface area contributed by atoms with Crippen LogP contribution >= 0.6 is 11.6 Å². The summed E-state index contributed by atoms with van der Waals surface area (Å²) in [5, 5.41) is 0.677. The number of benzene rings is 1. The van der Waals surface area contributed by atoms with Crippen LogP contribution in [0, 0.1) is 12.8 Å². The molecule has 1 aliphatic rings. The molecule has 1 saturated heterocycles. The van der Waals surface area contributed by atoms with Crippen molar-refractivity contribution in [3.8, 4) is 0 Å². The Morgan fingerprint density at radius 1 is 1.43 bits per heavy atom. The fourth-order valence-electron chi connectivity index (χ4n) is 2.40. The second kappa shape index (κ2) is 6.76. The van der Waals surface area contributed by atoms with Crippen molar-refractivity contribution < 1.29 is 9.59 Å². The maximum absolute atomic E-state index is 12.1. The summed E-state index contributed by atoms with van der Waals surface area (Å²) in [5.74, 6) is -0.663. The van der Waals surface area contributed by atoms with Gasteiger partial charge in [0.2, 0.25) is 11.8 Å². The third-order valence-electron chi connectivity index (χ3n) is 3.75. The minimum absolute atomic E-state index is 0.0994. The van der Waals surface area contributed by atoms with Crippen LogP contribution < -0.4 is 5.73 Å². The molecule has 1 unspecified atom stereocenters. The molecule has 2 N–H and O–H groups in total. The van der Waals surface area contributed by atoms with Gasteiger partial charge in [-0.3, -0.25) is 9.59 Å². The molecule has 1 aliphatic heterocycles. The average Bonchev–Trinajstić information content (AvgIpc) is 2.48. The summed E-state index contributed by atoms with van der Waals surface area (Å²) < 4.78 is 0. The molecule has 1 fully saturated rings. The molecule has 2 amide bonds. The smallest absolute Gasteiger partial charge is 0.246 e. The molecule has 1 aromatic carbocycles. The van der Waals surface area contributed by atoms with Gasteiger partial charge in [0, 0.05) is 24.2 Å². The Labute approximate surface area is 129 Å². The monoisotopic (exact) mass is 306 g/mol. The number of likely N-dealkylation sites (tertiary alicyclic amines) is 1. The van der Waals surface area contributed by atoms with E-state index in [2.05, 4.69) is 0 Å². The highest BCUT2D eigenvalue weighted by Gasteiger charge is 2.25. The molecule has 0 bridgehead atoms. The topological polar surface area (TPSA) is 63.4 Å². The second-order valence-electron chi connectivity index (χ2n) is 5.37. The first-order chi connectivity index (χ1) is 9.97. The SMILES string of the molecule is Cc1ccc(/C=C/C(=O)N2CCCC(C(N)=O)C2)cc1Cl. The number of carbonyl (C=O) groups excluding carboxylic acids is 2. The molecule has 1 atom stereocenters. The van der Waals surface area contributed by atoms with E-state index < -0.39 is 0 Å². The number of rotatable bonds is 3. The summed E-state index contributed by atoms with van der Waals surface area (Å²) in [6.07, 6.45) is 4.83. The van der Waals surface area contributed by atoms with Crippen LogP contribution in [0.3, 0.4) is 0 Å². The highest BCUT2D eigenvalue weighted by molar-refractivity contribution is 6.31. The van der Waals surface area contributed by atoms with Gasteiger partial charge < -0.3 is 10.6 Å². The normalized spacial score (nSPS) is 19.0. The van der Waals surface area contributed by atoms with Crippen molar-refractivity contribution in [1.82, 2.24) is 4.90 Å². The molecule has 2 rings (SSSR count). The molecule has 1 aromatic rings. The largest absolute Gasteiger partial charge is 0.369 e. The van der Waals surface area contributed by atoms with E-state index in [0.717, 1.165) is 24.0 Å². The summed E-state index contributed by atoms with van der Waals surface area (Å²) in [5.41, 5.74) is 7.19. The van der Waals surface area contributed by atoms with Crippen LogP contribution in [-0.4, -0.2) is 29.8 Å². The van der Waals surface area contributed by atoms with Crippen molar-refractivity contribution in [1.29, 1.82) is 0 Å². The maximum atomic E-state index is 12.1. The van der Waals surface area contributed by atoms with Gasteiger partial charge in [0.15, 0.2) is 0 Å². The number of nitrogens with zero attached hydrogens (tertiary/aromatic N) is 1. The number of primary amides is 1. The molecule has 4 nitrogen and oxygen atoms in total. The summed E-state index contributed by atoms with van der Waals surface area (Å²) in [6, 6.07) is 5.65. The van der Waals surface area contributed by atoms with Crippen molar-refractivity contribution in [2.24, 2.45) is 11.7 Å². The van der Waals surface area contributed by atoms with Crippen LogP contribution in [0.1, 0.15) is 24.0 Å². The summed E-state index contributed by atoms with van der Waals surface area (Å²) in [6.45, 7) is 3.01. The van der Waals surface area contributed by atoms with Gasteiger partial charge in [0.1, 0.15) is 0 Å². The minimum atomic E-state index is -0.332. The lowest BCUT2D eigenvalue weighted by atomic mass is 9.97. The van der Waals surface area contributed by atoms with Crippen LogP contribution in [0.2, 0.25) is 5.02 Å². The molecule has 0 radical (unpaired) electrons. The van der Waals surface area contributed by atoms with E-state index >= 15 is 0 Å². The minimum Gasteiger partial charge on any atom is -0.369 e. The van der Waals surface area contributed by atoms with Gasteiger partial charge in [-0.15, -0.1) is 0 Å². The molecule has 0 aliphatic carbocycles. The molecule has 0 saturated carbocycles. The Balaban J connectivity index is 2.01. The number of hydrogen-bond acceptors (Lipinski definition) is 2. The van der Waals surface area contributed by atoms with E-state index in [1.165, 1.54) is 6.08 Å². The molecular formula is C16H19ClN2O2. The predicted molar refractivity (Wildman–Crippen MR) is 83.7 cm³/mol. The fraction of sp³-hybridized carbons (Fsp3) is 0.375. The number of aryl methyl sites for hydroxylation is 1. The number of hydrogen-bond donors (Lipinski definition) is 1. The Bertz CT molecular complexity index is 584. The van der Waals surface area contributed by atoms with E-state index in [0.29, 0.717) is 18.1 Å². The lowest BCUT2D eigenvalue weighted by molar-refractivity contribution is -0.130. The highest BCUT2D eigenvalue weighted by atomic mass is 35.5. The number of amides is 2. The zero-order valence-electron chi connectivity index (χ0n) is 12.0. The lowest BCUT2D eigenvalue weighted by Crippen LogP contribution is -2.43. The molecule has 5 heteroatoms. The predicted octanol–water partition coefficient (Wildman–Crippen LogP) is 2.39. The van der Waals surface area contributed by atoms with Gasteiger partial charge >= 0.3 is 0 Å². The first-order valence-corrected chi connectivity index (χ1v) is 7.37. The average molecular weight is 307 g/mol. The first kappa shape index (κ1) is 15.6. The first-order valence-electron chi connectivity index (χ1n) is 7.00. The Morgan fingerprint density at radius 3 is 2.86 bits per heavy atom. The third-order valence-corrected chi connectivity index (χ3v) is 4.16. The van der Waals surface area contributed by atoms with Crippen LogP contribution in [0.4, 0.5) is 0 Å². The van der Waals surface area contributed by atoms with Gasteiger partial charge in [-0.05, 0) is 43.0 Å². The van der Waals surface area contributed by atoms with Crippen LogP contribution in [0.5, 0.6) is 0 Å². The zero-order valence-corrected chi connectivity index (χ0v) is 12.8. The Hall–Kier alpha value is -1.81. The maximum Gasteiger partial charge on any atom is 0.246 e. The quantitative estimate of drug-likeness (QED) is 0.872. The number of carbonyl (C=O) groups is 2. The molecule has 21 heavy (non-hydrogen) atoms. The van der Waals surface area contributed by atoms with Gasteiger partial charge in [0.25, 0.3) is 0 Å².